The maximum atomic E-state index is 6.24. The lowest BCUT2D eigenvalue weighted by Crippen LogP contribution is -1.98. The second-order valence-electron chi connectivity index (χ2n) is 36.9. The fraction of sp³-hybridized carbons (Fsp3) is 0. The second kappa shape index (κ2) is 32.6. The van der Waals surface area contributed by atoms with Crippen LogP contribution in [0.3, 0.4) is 0 Å². The van der Waals surface area contributed by atoms with Gasteiger partial charge in [-0.1, -0.05) is 309 Å². The van der Waals surface area contributed by atoms with Gasteiger partial charge in [0.2, 0.25) is 0 Å². The number of furan rings is 1. The number of fused-ring (bicyclic) bond motifs is 29. The van der Waals surface area contributed by atoms with Crippen LogP contribution in [0.15, 0.2) is 496 Å². The molecular weight excluding hydrogens is 1740 g/mol. The predicted octanol–water partition coefficient (Wildman–Crippen LogP) is 33.8. The molecule has 143 heavy (non-hydrogen) atoms. The highest BCUT2D eigenvalue weighted by Crippen LogP contribution is 2.49. The van der Waals surface area contributed by atoms with Crippen LogP contribution in [-0.2, 0) is 0 Å². The Hall–Kier alpha value is -19.4. The second-order valence-corrected chi connectivity index (χ2v) is 36.9. The Balaban J connectivity index is 0.000000104. The van der Waals surface area contributed by atoms with Crippen molar-refractivity contribution in [2.75, 3.05) is 0 Å². The third-order valence-electron chi connectivity index (χ3n) is 29.1. The number of para-hydroxylation sites is 10. The summed E-state index contributed by atoms with van der Waals surface area (Å²) < 4.78 is 20.6. The van der Waals surface area contributed by atoms with Gasteiger partial charge < -0.3 is 27.3 Å². The molecule has 31 rings (SSSR count). The van der Waals surface area contributed by atoms with Crippen LogP contribution < -0.4 is 0 Å². The van der Waals surface area contributed by atoms with Gasteiger partial charge in [0, 0.05) is 132 Å². The van der Waals surface area contributed by atoms with Crippen LogP contribution in [0, 0.1) is 0 Å². The van der Waals surface area contributed by atoms with Gasteiger partial charge in [-0.3, -0.25) is 9.55 Å². The highest BCUT2D eigenvalue weighted by Gasteiger charge is 2.28. The lowest BCUT2D eigenvalue weighted by Gasteiger charge is -2.14. The van der Waals surface area contributed by atoms with Crippen LogP contribution in [0.25, 0.3) is 275 Å². The molecule has 31 aromatic rings. The van der Waals surface area contributed by atoms with E-state index in [0.717, 1.165) is 111 Å². The number of hydrogen-bond acceptors (Lipinski definition) is 6. The molecule has 0 atom stereocenters. The van der Waals surface area contributed by atoms with Gasteiger partial charge in [0.15, 0.2) is 5.58 Å². The molecule has 0 radical (unpaired) electrons. The van der Waals surface area contributed by atoms with E-state index < -0.39 is 0 Å². The van der Waals surface area contributed by atoms with Crippen molar-refractivity contribution >= 4 is 196 Å². The molecule has 0 aliphatic heterocycles. The van der Waals surface area contributed by atoms with E-state index in [2.05, 4.69) is 509 Å². The summed E-state index contributed by atoms with van der Waals surface area (Å²) in [5.41, 5.74) is 34.1. The first-order valence-electron chi connectivity index (χ1n) is 48.5. The normalized spacial score (nSPS) is 11.9. The van der Waals surface area contributed by atoms with E-state index in [1.165, 1.54) is 159 Å². The number of pyridine rings is 3. The number of nitrogens with zero attached hydrogens (tertiary/aromatic N) is 11. The van der Waals surface area contributed by atoms with Crippen LogP contribution >= 0.6 is 0 Å². The maximum Gasteiger partial charge on any atom is 0.172 e. The molecule has 20 aromatic carbocycles. The monoisotopic (exact) mass is 1820 g/mol. The Labute approximate surface area is 818 Å². The maximum absolute atomic E-state index is 6.24. The minimum atomic E-state index is 0.695. The molecule has 0 unspecified atom stereocenters. The first-order valence-corrected chi connectivity index (χ1v) is 48.5. The van der Waals surface area contributed by atoms with Crippen molar-refractivity contribution < 1.29 is 4.42 Å². The van der Waals surface area contributed by atoms with Crippen LogP contribution in [0.1, 0.15) is 0 Å². The molecule has 0 spiro atoms. The summed E-state index contributed by atoms with van der Waals surface area (Å²) in [5, 5.41) is 21.8. The highest BCUT2D eigenvalue weighted by atomic mass is 16.3. The fourth-order valence-electron chi connectivity index (χ4n) is 22.9. The number of aromatic nitrogens is 11. The van der Waals surface area contributed by atoms with Crippen molar-refractivity contribution in [1.29, 1.82) is 0 Å². The van der Waals surface area contributed by atoms with E-state index in [4.69, 9.17) is 14.4 Å². The van der Waals surface area contributed by atoms with E-state index in [1.54, 1.807) is 12.5 Å². The van der Waals surface area contributed by atoms with E-state index in [1.807, 2.05) is 12.3 Å². The zero-order chi connectivity index (χ0) is 93.8. The molecule has 11 heterocycles. The predicted molar refractivity (Wildman–Crippen MR) is 593 cm³/mol. The van der Waals surface area contributed by atoms with Crippen LogP contribution in [-0.4, -0.2) is 52.3 Å². The Bertz CT molecular complexity index is 10600. The van der Waals surface area contributed by atoms with Crippen LogP contribution in [0.4, 0.5) is 0 Å². The first-order chi connectivity index (χ1) is 71.0. The Morgan fingerprint density at radius 1 is 0.217 bits per heavy atom. The van der Waals surface area contributed by atoms with E-state index in [0.29, 0.717) is 5.58 Å². The smallest absolute Gasteiger partial charge is 0.172 e. The summed E-state index contributed by atoms with van der Waals surface area (Å²) in [4.78, 5) is 23.5. The summed E-state index contributed by atoms with van der Waals surface area (Å²) in [6, 6.07) is 170. The molecule has 0 aliphatic carbocycles. The van der Waals surface area contributed by atoms with Crippen molar-refractivity contribution in [2.45, 2.75) is 0 Å². The molecule has 12 nitrogen and oxygen atoms in total. The van der Waals surface area contributed by atoms with Crippen molar-refractivity contribution in [1.82, 2.24) is 52.3 Å². The molecule has 0 N–H and O–H groups in total. The summed E-state index contributed by atoms with van der Waals surface area (Å²) in [6.45, 7) is 0. The van der Waals surface area contributed by atoms with E-state index in [9.17, 15) is 0 Å². The minimum Gasteiger partial charge on any atom is -0.452 e. The van der Waals surface area contributed by atoms with Gasteiger partial charge >= 0.3 is 0 Å². The summed E-state index contributed by atoms with van der Waals surface area (Å²) in [6.07, 6.45) is 5.14. The van der Waals surface area contributed by atoms with Gasteiger partial charge in [0.1, 0.15) is 23.2 Å². The number of hydrogen-bond donors (Lipinski definition) is 0. The quantitative estimate of drug-likeness (QED) is 0.126. The molecule has 0 amide bonds. The third-order valence-corrected chi connectivity index (χ3v) is 29.1. The molecule has 0 aliphatic rings. The zero-order valence-electron chi connectivity index (χ0n) is 77.1. The van der Waals surface area contributed by atoms with Gasteiger partial charge in [-0.25, -0.2) is 19.9 Å². The molecule has 0 fully saturated rings. The molecule has 666 valence electrons. The molecule has 12 heteroatoms. The average Bonchev–Trinajstić information content (AvgIpc) is 1.55. The SMILES string of the molecule is c1cc(-c2ccc3ccccc3c2)cc(-n2c3ccccc3c3c4c5ccccc5n(-c5ccc(-c6ccc7ccc8cccnc8c7n6)cc5)c4ccc32)c1.c1ccc(-c2ccccc2-n2c3ccccc3c3c4c5ccccc5n(-c5ccc6ccccc6n5)c4ccc32)cc1.c1ccc(-n2c3ccccc3c3ccc4c(c5ccccc5n4-c4ccc(-c5cccc6c5oc5cncnc56)cc4)c32)cc1. The van der Waals surface area contributed by atoms with Crippen LogP contribution in [0.2, 0.25) is 0 Å². The van der Waals surface area contributed by atoms with E-state index >= 15 is 0 Å². The molecular formula is C131H81N11O. The van der Waals surface area contributed by atoms with Crippen molar-refractivity contribution in [3.05, 3.63) is 492 Å². The summed E-state index contributed by atoms with van der Waals surface area (Å²) in [5.74, 6) is 0.928. The lowest BCUT2D eigenvalue weighted by atomic mass is 10.0. The Morgan fingerprint density at radius 2 is 0.657 bits per heavy atom. The van der Waals surface area contributed by atoms with Crippen molar-refractivity contribution in [3.63, 3.8) is 0 Å². The molecule has 11 aromatic heterocycles. The molecule has 0 saturated heterocycles. The first kappa shape index (κ1) is 80.8. The van der Waals surface area contributed by atoms with Crippen LogP contribution in [0.5, 0.6) is 0 Å². The van der Waals surface area contributed by atoms with Gasteiger partial charge in [0.25, 0.3) is 0 Å². The summed E-state index contributed by atoms with van der Waals surface area (Å²) in [7, 11) is 0. The number of rotatable bonds is 10. The Morgan fingerprint density at radius 3 is 1.34 bits per heavy atom. The molecule has 0 bridgehead atoms. The van der Waals surface area contributed by atoms with E-state index in [-0.39, 0.29) is 0 Å². The standard InChI is InChI=1S/C52H32N4.C40H24N4O.C39H25N3/c1-2-10-37-31-39(21-18-33(37)9-1)38-11-7-13-41(32-38)56-46-17-6-4-15-43(46)50-48(56)29-28-47-49(50)42-14-3-5-16-45(42)55(47)40-25-22-34(23-26-40)44-27-24-36-20-19-35-12-8-30-53-51(35)52(36)54-44;1-2-9-26(10-3-1)44-33-15-6-4-11-29(33)30-21-22-35-37(39(30)44)31-12-5-7-16-34(31)43(35)27-19-17-25(18-20-27)28-13-8-14-32-38-36(45-40(28)32)23-41-24-42-38;1-2-12-26(13-3-1)28-15-5-9-19-32(28)41-33-20-10-6-16-29(33)38-35(41)23-24-36-39(38)30-17-7-11-21-34(30)42(36)37-25-22-27-14-4-8-18-31(27)40-37/h1-32H;1-24H;1-25H. The lowest BCUT2D eigenvalue weighted by molar-refractivity contribution is 0.666. The van der Waals surface area contributed by atoms with Crippen molar-refractivity contribution in [2.24, 2.45) is 0 Å². The average molecular weight is 1830 g/mol. The topological polar surface area (TPSA) is 107 Å². The van der Waals surface area contributed by atoms with Gasteiger partial charge in [-0.05, 0) is 197 Å². The molecule has 0 saturated carbocycles. The fourth-order valence-corrected chi connectivity index (χ4v) is 22.9. The Kier molecular flexibility index (Phi) is 18.4. The third kappa shape index (κ3) is 12.8. The van der Waals surface area contributed by atoms with Gasteiger partial charge in [-0.15, -0.1) is 0 Å². The largest absolute Gasteiger partial charge is 0.452 e. The highest BCUT2D eigenvalue weighted by molar-refractivity contribution is 6.32. The number of benzene rings is 20. The summed E-state index contributed by atoms with van der Waals surface area (Å²) >= 11 is 0. The zero-order valence-corrected chi connectivity index (χ0v) is 77.1. The van der Waals surface area contributed by atoms with Gasteiger partial charge in [0.05, 0.1) is 100 Å². The minimum absolute atomic E-state index is 0.695. The van der Waals surface area contributed by atoms with Gasteiger partial charge in [-0.2, -0.15) is 0 Å². The van der Waals surface area contributed by atoms with Crippen molar-refractivity contribution in [3.8, 4) is 78.9 Å².